The number of benzene rings is 2. The van der Waals surface area contributed by atoms with Crippen molar-refractivity contribution in [1.29, 1.82) is 0 Å². The molecule has 0 saturated carbocycles. The summed E-state index contributed by atoms with van der Waals surface area (Å²) in [6.45, 7) is 0.362. The Balaban J connectivity index is 1.70. The molecule has 0 spiro atoms. The summed E-state index contributed by atoms with van der Waals surface area (Å²) < 4.78 is 0. The van der Waals surface area contributed by atoms with Gasteiger partial charge in [-0.2, -0.15) is 0 Å². The minimum atomic E-state index is -0.266. The Morgan fingerprint density at radius 2 is 1.68 bits per heavy atom. The summed E-state index contributed by atoms with van der Waals surface area (Å²) in [5.41, 5.74) is 3.30. The molecule has 0 aliphatic carbocycles. The second kappa shape index (κ2) is 8.81. The van der Waals surface area contributed by atoms with Gasteiger partial charge in [0, 0.05) is 44.3 Å². The van der Waals surface area contributed by atoms with Gasteiger partial charge < -0.3 is 15.5 Å². The summed E-state index contributed by atoms with van der Waals surface area (Å²) in [4.78, 5) is 31.2. The SMILES string of the molecule is CN(C)c1ccc(C(=O)Nc2ccccc2C(=O)NCc2cccnc2)cc1. The molecule has 0 fully saturated rings. The maximum absolute atomic E-state index is 12.6. The van der Waals surface area contributed by atoms with Gasteiger partial charge in [-0.1, -0.05) is 18.2 Å². The van der Waals surface area contributed by atoms with Crippen molar-refractivity contribution >= 4 is 23.2 Å². The lowest BCUT2D eigenvalue weighted by molar-refractivity contribution is 0.0951. The summed E-state index contributed by atoms with van der Waals surface area (Å²) in [5.74, 6) is -0.527. The third-order valence-electron chi connectivity index (χ3n) is 4.24. The molecular weight excluding hydrogens is 352 g/mol. The second-order valence-corrected chi connectivity index (χ2v) is 6.48. The molecule has 0 aliphatic rings. The maximum Gasteiger partial charge on any atom is 0.255 e. The predicted octanol–water partition coefficient (Wildman–Crippen LogP) is 3.33. The smallest absolute Gasteiger partial charge is 0.255 e. The van der Waals surface area contributed by atoms with E-state index in [9.17, 15) is 9.59 Å². The molecule has 1 heterocycles. The zero-order valence-electron chi connectivity index (χ0n) is 15.8. The summed E-state index contributed by atoms with van der Waals surface area (Å²) in [7, 11) is 3.88. The van der Waals surface area contributed by atoms with Gasteiger partial charge in [0.15, 0.2) is 0 Å². The van der Waals surface area contributed by atoms with Crippen molar-refractivity contribution in [3.63, 3.8) is 0 Å². The quantitative estimate of drug-likeness (QED) is 0.694. The maximum atomic E-state index is 12.6. The Morgan fingerprint density at radius 1 is 0.929 bits per heavy atom. The molecule has 0 atom stereocenters. The van der Waals surface area contributed by atoms with Crippen LogP contribution in [0.5, 0.6) is 0 Å². The van der Waals surface area contributed by atoms with Gasteiger partial charge in [0.25, 0.3) is 11.8 Å². The average molecular weight is 374 g/mol. The molecule has 1 aromatic heterocycles. The van der Waals surface area contributed by atoms with Crippen LogP contribution >= 0.6 is 0 Å². The molecule has 6 heteroatoms. The molecule has 0 bridgehead atoms. The highest BCUT2D eigenvalue weighted by Crippen LogP contribution is 2.18. The van der Waals surface area contributed by atoms with E-state index in [1.165, 1.54) is 0 Å². The van der Waals surface area contributed by atoms with Crippen molar-refractivity contribution in [3.05, 3.63) is 89.7 Å². The van der Waals surface area contributed by atoms with Gasteiger partial charge >= 0.3 is 0 Å². The molecule has 0 radical (unpaired) electrons. The Hall–Kier alpha value is -3.67. The summed E-state index contributed by atoms with van der Waals surface area (Å²) >= 11 is 0. The lowest BCUT2D eigenvalue weighted by Gasteiger charge is -2.14. The zero-order chi connectivity index (χ0) is 19.9. The molecule has 2 aromatic carbocycles. The van der Waals surface area contributed by atoms with Crippen molar-refractivity contribution in [2.45, 2.75) is 6.54 Å². The first-order valence-corrected chi connectivity index (χ1v) is 8.89. The van der Waals surface area contributed by atoms with E-state index in [1.54, 1.807) is 48.8 Å². The first-order chi connectivity index (χ1) is 13.5. The zero-order valence-corrected chi connectivity index (χ0v) is 15.8. The summed E-state index contributed by atoms with van der Waals surface area (Å²) in [6, 6.07) is 17.9. The number of nitrogens with zero attached hydrogens (tertiary/aromatic N) is 2. The van der Waals surface area contributed by atoms with Crippen LogP contribution < -0.4 is 15.5 Å². The topological polar surface area (TPSA) is 74.3 Å². The fourth-order valence-electron chi connectivity index (χ4n) is 2.68. The number of hydrogen-bond donors (Lipinski definition) is 2. The lowest BCUT2D eigenvalue weighted by atomic mass is 10.1. The van der Waals surface area contributed by atoms with Crippen LogP contribution in [-0.4, -0.2) is 30.9 Å². The van der Waals surface area contributed by atoms with E-state index >= 15 is 0 Å². The molecule has 0 saturated heterocycles. The van der Waals surface area contributed by atoms with Crippen LogP contribution in [0, 0.1) is 0 Å². The standard InChI is InChI=1S/C22H22N4O2/c1-26(2)18-11-9-17(10-12-18)21(27)25-20-8-4-3-7-19(20)22(28)24-15-16-6-5-13-23-14-16/h3-14H,15H2,1-2H3,(H,24,28)(H,25,27). The van der Waals surface area contributed by atoms with Gasteiger partial charge in [-0.05, 0) is 48.0 Å². The molecule has 142 valence electrons. The van der Waals surface area contributed by atoms with Crippen LogP contribution in [0.25, 0.3) is 0 Å². The van der Waals surface area contributed by atoms with Crippen LogP contribution in [0.4, 0.5) is 11.4 Å². The molecule has 6 nitrogen and oxygen atoms in total. The van der Waals surface area contributed by atoms with Crippen molar-refractivity contribution < 1.29 is 9.59 Å². The minimum Gasteiger partial charge on any atom is -0.378 e. The fraction of sp³-hybridized carbons (Fsp3) is 0.136. The number of anilines is 2. The van der Waals surface area contributed by atoms with Gasteiger partial charge in [-0.15, -0.1) is 0 Å². The van der Waals surface area contributed by atoms with E-state index in [1.807, 2.05) is 43.3 Å². The monoisotopic (exact) mass is 374 g/mol. The number of nitrogens with one attached hydrogen (secondary N) is 2. The number of amides is 2. The van der Waals surface area contributed by atoms with Crippen LogP contribution in [0.3, 0.4) is 0 Å². The van der Waals surface area contributed by atoms with Gasteiger partial charge in [0.05, 0.1) is 11.3 Å². The molecular formula is C22H22N4O2. The molecule has 2 N–H and O–H groups in total. The molecule has 0 aliphatic heterocycles. The van der Waals surface area contributed by atoms with Crippen LogP contribution in [0.2, 0.25) is 0 Å². The third-order valence-corrected chi connectivity index (χ3v) is 4.24. The van der Waals surface area contributed by atoms with E-state index in [0.717, 1.165) is 11.3 Å². The van der Waals surface area contributed by atoms with Crippen LogP contribution in [0.15, 0.2) is 73.1 Å². The van der Waals surface area contributed by atoms with Crippen molar-refractivity contribution in [2.24, 2.45) is 0 Å². The normalized spacial score (nSPS) is 10.2. The number of aromatic nitrogens is 1. The van der Waals surface area contributed by atoms with E-state index in [2.05, 4.69) is 15.6 Å². The Morgan fingerprint density at radius 3 is 2.36 bits per heavy atom. The molecule has 0 unspecified atom stereocenters. The lowest BCUT2D eigenvalue weighted by Crippen LogP contribution is -2.25. The second-order valence-electron chi connectivity index (χ2n) is 6.48. The molecule has 3 aromatic rings. The first-order valence-electron chi connectivity index (χ1n) is 8.89. The average Bonchev–Trinajstić information content (AvgIpc) is 2.73. The number of carbonyl (C=O) groups excluding carboxylic acids is 2. The third kappa shape index (κ3) is 4.73. The van der Waals surface area contributed by atoms with E-state index in [4.69, 9.17) is 0 Å². The fourth-order valence-corrected chi connectivity index (χ4v) is 2.68. The molecule has 3 rings (SSSR count). The van der Waals surface area contributed by atoms with E-state index in [-0.39, 0.29) is 11.8 Å². The van der Waals surface area contributed by atoms with Crippen LogP contribution in [-0.2, 0) is 6.54 Å². The highest BCUT2D eigenvalue weighted by atomic mass is 16.2. The number of para-hydroxylation sites is 1. The van der Waals surface area contributed by atoms with Gasteiger partial charge in [0.2, 0.25) is 0 Å². The highest BCUT2D eigenvalue weighted by molar-refractivity contribution is 6.09. The van der Waals surface area contributed by atoms with Gasteiger partial charge in [-0.3, -0.25) is 14.6 Å². The summed E-state index contributed by atoms with van der Waals surface area (Å²) in [6.07, 6.45) is 3.38. The minimum absolute atomic E-state index is 0.261. The number of carbonyl (C=O) groups is 2. The van der Waals surface area contributed by atoms with E-state index < -0.39 is 0 Å². The van der Waals surface area contributed by atoms with Gasteiger partial charge in [-0.25, -0.2) is 0 Å². The highest BCUT2D eigenvalue weighted by Gasteiger charge is 2.14. The largest absolute Gasteiger partial charge is 0.378 e. The number of rotatable bonds is 6. The van der Waals surface area contributed by atoms with Crippen molar-refractivity contribution in [3.8, 4) is 0 Å². The summed E-state index contributed by atoms with van der Waals surface area (Å²) in [5, 5.41) is 5.68. The molecule has 2 amide bonds. The Kier molecular flexibility index (Phi) is 6.01. The predicted molar refractivity (Wildman–Crippen MR) is 111 cm³/mol. The number of hydrogen-bond acceptors (Lipinski definition) is 4. The van der Waals surface area contributed by atoms with Crippen LogP contribution in [0.1, 0.15) is 26.3 Å². The van der Waals surface area contributed by atoms with E-state index in [0.29, 0.717) is 23.4 Å². The Bertz CT molecular complexity index is 954. The first kappa shape index (κ1) is 19.1. The Labute approximate surface area is 164 Å². The van der Waals surface area contributed by atoms with Crippen molar-refractivity contribution in [1.82, 2.24) is 10.3 Å². The molecule has 28 heavy (non-hydrogen) atoms. The van der Waals surface area contributed by atoms with Gasteiger partial charge in [0.1, 0.15) is 0 Å². The number of pyridine rings is 1. The van der Waals surface area contributed by atoms with Crippen molar-refractivity contribution in [2.75, 3.05) is 24.3 Å².